The van der Waals surface area contributed by atoms with Gasteiger partial charge in [0.05, 0.1) is 12.6 Å². The highest BCUT2D eigenvalue weighted by Crippen LogP contribution is 2.20. The van der Waals surface area contributed by atoms with Crippen LogP contribution in [-0.2, 0) is 11.2 Å². The zero-order chi connectivity index (χ0) is 12.0. The van der Waals surface area contributed by atoms with E-state index in [2.05, 4.69) is 31.1 Å². The van der Waals surface area contributed by atoms with Crippen molar-refractivity contribution in [1.82, 2.24) is 10.3 Å². The summed E-state index contributed by atoms with van der Waals surface area (Å²) in [5.41, 5.74) is 0. The standard InChI is InChI=1S/C12H22N2OS/c1-5-11-7-13-12(16-11)10(4)14-9(3)8-15-6-2/h7,9-10,14H,5-6,8H2,1-4H3. The van der Waals surface area contributed by atoms with E-state index in [0.29, 0.717) is 12.1 Å². The summed E-state index contributed by atoms with van der Waals surface area (Å²) in [6.45, 7) is 10.0. The molecule has 0 saturated carbocycles. The molecule has 1 aromatic heterocycles. The molecule has 0 fully saturated rings. The minimum atomic E-state index is 0.306. The van der Waals surface area contributed by atoms with Gasteiger partial charge in [0.1, 0.15) is 5.01 Å². The van der Waals surface area contributed by atoms with Gasteiger partial charge in [0.25, 0.3) is 0 Å². The summed E-state index contributed by atoms with van der Waals surface area (Å²) in [5, 5.41) is 4.66. The Morgan fingerprint density at radius 3 is 2.75 bits per heavy atom. The number of hydrogen-bond donors (Lipinski definition) is 1. The highest BCUT2D eigenvalue weighted by atomic mass is 32.1. The molecule has 92 valence electrons. The van der Waals surface area contributed by atoms with E-state index >= 15 is 0 Å². The lowest BCUT2D eigenvalue weighted by atomic mass is 10.3. The van der Waals surface area contributed by atoms with Crippen molar-refractivity contribution in [2.45, 2.75) is 46.2 Å². The van der Waals surface area contributed by atoms with Crippen LogP contribution in [0.5, 0.6) is 0 Å². The van der Waals surface area contributed by atoms with E-state index < -0.39 is 0 Å². The maximum atomic E-state index is 5.38. The van der Waals surface area contributed by atoms with Gasteiger partial charge in [0, 0.05) is 23.7 Å². The summed E-state index contributed by atoms with van der Waals surface area (Å²) in [7, 11) is 0. The second-order valence-corrected chi connectivity index (χ2v) is 5.11. The van der Waals surface area contributed by atoms with Crippen molar-refractivity contribution >= 4 is 11.3 Å². The summed E-state index contributed by atoms with van der Waals surface area (Å²) in [6.07, 6.45) is 3.05. The monoisotopic (exact) mass is 242 g/mol. The lowest BCUT2D eigenvalue weighted by molar-refractivity contribution is 0.124. The third kappa shape index (κ3) is 4.20. The summed E-state index contributed by atoms with van der Waals surface area (Å²) < 4.78 is 5.38. The topological polar surface area (TPSA) is 34.1 Å². The Hall–Kier alpha value is -0.450. The van der Waals surface area contributed by atoms with Crippen LogP contribution in [0.25, 0.3) is 0 Å². The number of nitrogens with one attached hydrogen (secondary N) is 1. The van der Waals surface area contributed by atoms with E-state index in [4.69, 9.17) is 4.74 Å². The predicted octanol–water partition coefficient (Wildman–Crippen LogP) is 2.78. The Morgan fingerprint density at radius 2 is 2.19 bits per heavy atom. The van der Waals surface area contributed by atoms with Crippen LogP contribution < -0.4 is 5.32 Å². The van der Waals surface area contributed by atoms with Crippen LogP contribution in [0.3, 0.4) is 0 Å². The van der Waals surface area contributed by atoms with Crippen LogP contribution >= 0.6 is 11.3 Å². The molecule has 0 aliphatic heterocycles. The van der Waals surface area contributed by atoms with Gasteiger partial charge in [-0.2, -0.15) is 0 Å². The first-order valence-electron chi connectivity index (χ1n) is 5.95. The van der Waals surface area contributed by atoms with Crippen molar-refractivity contribution < 1.29 is 4.74 Å². The summed E-state index contributed by atoms with van der Waals surface area (Å²) in [4.78, 5) is 5.78. The van der Waals surface area contributed by atoms with Crippen LogP contribution in [0.2, 0.25) is 0 Å². The van der Waals surface area contributed by atoms with Crippen molar-refractivity contribution in [3.63, 3.8) is 0 Å². The third-order valence-corrected chi connectivity index (χ3v) is 3.72. The second kappa shape index (κ2) is 6.99. The van der Waals surface area contributed by atoms with Crippen molar-refractivity contribution in [3.8, 4) is 0 Å². The molecular weight excluding hydrogens is 220 g/mol. The Kier molecular flexibility index (Phi) is 5.95. The maximum absolute atomic E-state index is 5.38. The zero-order valence-electron chi connectivity index (χ0n) is 10.6. The number of aryl methyl sites for hydroxylation is 1. The fourth-order valence-corrected chi connectivity index (χ4v) is 2.40. The molecule has 0 spiro atoms. The van der Waals surface area contributed by atoms with Gasteiger partial charge < -0.3 is 10.1 Å². The molecule has 2 atom stereocenters. The average Bonchev–Trinajstić information content (AvgIpc) is 2.74. The van der Waals surface area contributed by atoms with E-state index in [0.717, 1.165) is 19.6 Å². The molecule has 0 amide bonds. The molecule has 0 saturated heterocycles. The van der Waals surface area contributed by atoms with E-state index in [-0.39, 0.29) is 0 Å². The zero-order valence-corrected chi connectivity index (χ0v) is 11.4. The van der Waals surface area contributed by atoms with Crippen LogP contribution in [0.4, 0.5) is 0 Å². The van der Waals surface area contributed by atoms with Crippen LogP contribution in [-0.4, -0.2) is 24.2 Å². The summed E-state index contributed by atoms with van der Waals surface area (Å²) >= 11 is 1.79. The minimum absolute atomic E-state index is 0.306. The fraction of sp³-hybridized carbons (Fsp3) is 0.750. The van der Waals surface area contributed by atoms with Crippen LogP contribution in [0.15, 0.2) is 6.20 Å². The first-order chi connectivity index (χ1) is 7.67. The normalized spacial score (nSPS) is 15.0. The molecule has 4 heteroatoms. The second-order valence-electron chi connectivity index (χ2n) is 3.97. The quantitative estimate of drug-likeness (QED) is 0.798. The van der Waals surface area contributed by atoms with E-state index in [9.17, 15) is 0 Å². The van der Waals surface area contributed by atoms with E-state index in [1.807, 2.05) is 13.1 Å². The van der Waals surface area contributed by atoms with Gasteiger partial charge in [0.15, 0.2) is 0 Å². The summed E-state index contributed by atoms with van der Waals surface area (Å²) in [5.74, 6) is 0. The number of nitrogens with zero attached hydrogens (tertiary/aromatic N) is 1. The molecule has 16 heavy (non-hydrogen) atoms. The molecule has 3 nitrogen and oxygen atoms in total. The Bertz CT molecular complexity index is 301. The van der Waals surface area contributed by atoms with Gasteiger partial charge in [-0.15, -0.1) is 11.3 Å². The number of ether oxygens (including phenoxy) is 1. The van der Waals surface area contributed by atoms with E-state index in [1.165, 1.54) is 9.88 Å². The number of aromatic nitrogens is 1. The molecule has 1 heterocycles. The SMILES string of the molecule is CCOCC(C)NC(C)c1ncc(CC)s1. The third-order valence-electron chi connectivity index (χ3n) is 2.40. The van der Waals surface area contributed by atoms with Crippen LogP contribution in [0, 0.1) is 0 Å². The predicted molar refractivity (Wildman–Crippen MR) is 69.0 cm³/mol. The first kappa shape index (κ1) is 13.6. The van der Waals surface area contributed by atoms with Crippen molar-refractivity contribution in [2.24, 2.45) is 0 Å². The Labute approximate surface area is 102 Å². The molecule has 0 aliphatic carbocycles. The highest BCUT2D eigenvalue weighted by molar-refractivity contribution is 7.11. The van der Waals surface area contributed by atoms with Gasteiger partial charge >= 0.3 is 0 Å². The molecule has 0 aliphatic rings. The lowest BCUT2D eigenvalue weighted by Gasteiger charge is -2.18. The van der Waals surface area contributed by atoms with Crippen molar-refractivity contribution in [1.29, 1.82) is 0 Å². The van der Waals surface area contributed by atoms with Gasteiger partial charge in [-0.1, -0.05) is 6.92 Å². The number of hydrogen-bond acceptors (Lipinski definition) is 4. The molecule has 0 aromatic carbocycles. The molecule has 0 bridgehead atoms. The number of rotatable bonds is 7. The van der Waals surface area contributed by atoms with Gasteiger partial charge in [-0.05, 0) is 27.2 Å². The Morgan fingerprint density at radius 1 is 1.44 bits per heavy atom. The fourth-order valence-electron chi connectivity index (χ4n) is 1.53. The summed E-state index contributed by atoms with van der Waals surface area (Å²) in [6, 6.07) is 0.671. The highest BCUT2D eigenvalue weighted by Gasteiger charge is 2.12. The first-order valence-corrected chi connectivity index (χ1v) is 6.77. The van der Waals surface area contributed by atoms with Gasteiger partial charge in [-0.3, -0.25) is 0 Å². The smallest absolute Gasteiger partial charge is 0.109 e. The van der Waals surface area contributed by atoms with Crippen molar-refractivity contribution in [2.75, 3.05) is 13.2 Å². The molecule has 1 aromatic rings. The molecule has 1 rings (SSSR count). The van der Waals surface area contributed by atoms with Gasteiger partial charge in [-0.25, -0.2) is 4.98 Å². The lowest BCUT2D eigenvalue weighted by Crippen LogP contribution is -2.32. The Balaban J connectivity index is 2.41. The van der Waals surface area contributed by atoms with Crippen LogP contribution in [0.1, 0.15) is 43.6 Å². The number of thiazole rings is 1. The van der Waals surface area contributed by atoms with Crippen molar-refractivity contribution in [3.05, 3.63) is 16.1 Å². The average molecular weight is 242 g/mol. The maximum Gasteiger partial charge on any atom is 0.109 e. The molecule has 1 N–H and O–H groups in total. The largest absolute Gasteiger partial charge is 0.380 e. The van der Waals surface area contributed by atoms with Gasteiger partial charge in [0.2, 0.25) is 0 Å². The minimum Gasteiger partial charge on any atom is -0.380 e. The molecule has 2 unspecified atom stereocenters. The molecular formula is C12H22N2OS. The molecule has 0 radical (unpaired) electrons. The van der Waals surface area contributed by atoms with E-state index in [1.54, 1.807) is 11.3 Å².